The molecule has 0 unspecified atom stereocenters. The van der Waals surface area contributed by atoms with Crippen LogP contribution in [0.15, 0.2) is 18.3 Å². The molecule has 0 saturated carbocycles. The molecule has 1 amide bonds. The van der Waals surface area contributed by atoms with Gasteiger partial charge in [0.1, 0.15) is 11.8 Å². The smallest absolute Gasteiger partial charge is 0.269 e. The Morgan fingerprint density at radius 1 is 1.56 bits per heavy atom. The fraction of sp³-hybridized carbons (Fsp3) is 0.462. The first kappa shape index (κ1) is 14.1. The summed E-state index contributed by atoms with van der Waals surface area (Å²) < 4.78 is 0. The summed E-state index contributed by atoms with van der Waals surface area (Å²) in [5.41, 5.74) is 0.785. The predicted octanol–water partition coefficient (Wildman–Crippen LogP) is 1.02. The minimum atomic E-state index is -0.211. The van der Waals surface area contributed by atoms with Crippen LogP contribution in [0.5, 0.6) is 0 Å². The van der Waals surface area contributed by atoms with Crippen molar-refractivity contribution in [3.63, 3.8) is 0 Å². The minimum Gasteiger partial charge on any atom is -0.349 e. The summed E-state index contributed by atoms with van der Waals surface area (Å²) in [6.45, 7) is 5.57. The number of nitrogens with one attached hydrogen (secondary N) is 1. The van der Waals surface area contributed by atoms with E-state index in [4.69, 9.17) is 5.26 Å². The number of aromatic nitrogens is 1. The van der Waals surface area contributed by atoms with Crippen molar-refractivity contribution >= 4 is 5.91 Å². The van der Waals surface area contributed by atoms with E-state index < -0.39 is 0 Å². The van der Waals surface area contributed by atoms with Gasteiger partial charge >= 0.3 is 0 Å². The molecular weight excluding hydrogens is 228 g/mol. The third-order valence-corrected chi connectivity index (χ3v) is 2.76. The highest BCUT2D eigenvalue weighted by atomic mass is 16.1. The Kier molecular flexibility index (Phi) is 5.28. The van der Waals surface area contributed by atoms with Crippen LogP contribution >= 0.6 is 0 Å². The summed E-state index contributed by atoms with van der Waals surface area (Å²) in [4.78, 5) is 17.8. The fourth-order valence-corrected chi connectivity index (χ4v) is 1.29. The molecule has 0 fully saturated rings. The van der Waals surface area contributed by atoms with E-state index in [1.54, 1.807) is 12.1 Å². The maximum absolute atomic E-state index is 11.7. The standard InChI is InChI=1S/C13H18N4O/c1-10(2)17(3)7-6-15-13(18)12-5-4-11(8-14)9-16-12/h4-5,9-10H,6-7H2,1-3H3,(H,15,18). The summed E-state index contributed by atoms with van der Waals surface area (Å²) in [6, 6.07) is 5.56. The van der Waals surface area contributed by atoms with Crippen LogP contribution in [0.2, 0.25) is 0 Å². The Morgan fingerprint density at radius 2 is 2.28 bits per heavy atom. The number of rotatable bonds is 5. The second kappa shape index (κ2) is 6.72. The number of pyridine rings is 1. The van der Waals surface area contributed by atoms with E-state index in [0.717, 1.165) is 6.54 Å². The Hall–Kier alpha value is -1.93. The van der Waals surface area contributed by atoms with Crippen molar-refractivity contribution in [2.45, 2.75) is 19.9 Å². The lowest BCUT2D eigenvalue weighted by Crippen LogP contribution is -2.36. The Labute approximate surface area is 107 Å². The highest BCUT2D eigenvalue weighted by molar-refractivity contribution is 5.92. The summed E-state index contributed by atoms with van der Waals surface area (Å²) in [5.74, 6) is -0.211. The molecule has 0 aliphatic rings. The molecule has 1 aromatic rings. The van der Waals surface area contributed by atoms with Gasteiger partial charge in [-0.15, -0.1) is 0 Å². The third kappa shape index (κ3) is 4.15. The number of likely N-dealkylation sites (N-methyl/N-ethyl adjacent to an activating group) is 1. The predicted molar refractivity (Wildman–Crippen MR) is 69.1 cm³/mol. The maximum Gasteiger partial charge on any atom is 0.269 e. The molecule has 0 saturated heterocycles. The first-order valence-electron chi connectivity index (χ1n) is 5.89. The first-order valence-corrected chi connectivity index (χ1v) is 5.89. The molecule has 0 aliphatic heterocycles. The molecule has 1 N–H and O–H groups in total. The monoisotopic (exact) mass is 246 g/mol. The molecule has 1 heterocycles. The average Bonchev–Trinajstić information content (AvgIpc) is 2.38. The molecule has 5 nitrogen and oxygen atoms in total. The van der Waals surface area contributed by atoms with E-state index in [9.17, 15) is 4.79 Å². The number of hydrogen-bond donors (Lipinski definition) is 1. The van der Waals surface area contributed by atoms with Gasteiger partial charge in [-0.2, -0.15) is 5.26 Å². The van der Waals surface area contributed by atoms with Crippen molar-refractivity contribution < 1.29 is 4.79 Å². The zero-order valence-electron chi connectivity index (χ0n) is 11.0. The molecule has 0 aromatic carbocycles. The highest BCUT2D eigenvalue weighted by Gasteiger charge is 2.07. The lowest BCUT2D eigenvalue weighted by Gasteiger charge is -2.20. The third-order valence-electron chi connectivity index (χ3n) is 2.76. The van der Waals surface area contributed by atoms with Gasteiger partial charge in [0.25, 0.3) is 5.91 Å². The van der Waals surface area contributed by atoms with Crippen molar-refractivity contribution in [1.29, 1.82) is 5.26 Å². The van der Waals surface area contributed by atoms with Crippen LogP contribution in [0, 0.1) is 11.3 Å². The second-order valence-electron chi connectivity index (χ2n) is 4.37. The average molecular weight is 246 g/mol. The van der Waals surface area contributed by atoms with Gasteiger partial charge in [-0.1, -0.05) is 0 Å². The van der Waals surface area contributed by atoms with Gasteiger partial charge in [0, 0.05) is 25.3 Å². The van der Waals surface area contributed by atoms with E-state index in [0.29, 0.717) is 23.8 Å². The van der Waals surface area contributed by atoms with Gasteiger partial charge < -0.3 is 10.2 Å². The molecule has 0 spiro atoms. The molecule has 0 radical (unpaired) electrons. The summed E-state index contributed by atoms with van der Waals surface area (Å²) in [7, 11) is 2.01. The van der Waals surface area contributed by atoms with Gasteiger partial charge in [-0.25, -0.2) is 4.98 Å². The van der Waals surface area contributed by atoms with Gasteiger partial charge in [-0.05, 0) is 33.0 Å². The normalized spacial score (nSPS) is 10.4. The largest absolute Gasteiger partial charge is 0.349 e. The van der Waals surface area contributed by atoms with Gasteiger partial charge in [0.2, 0.25) is 0 Å². The van der Waals surface area contributed by atoms with Crippen LogP contribution < -0.4 is 5.32 Å². The molecular formula is C13H18N4O. The zero-order chi connectivity index (χ0) is 13.5. The number of nitrogens with zero attached hydrogens (tertiary/aromatic N) is 3. The topological polar surface area (TPSA) is 69.0 Å². The van der Waals surface area contributed by atoms with Crippen LogP contribution in [0.3, 0.4) is 0 Å². The van der Waals surface area contributed by atoms with Crippen LogP contribution in [0.25, 0.3) is 0 Å². The van der Waals surface area contributed by atoms with Crippen molar-refractivity contribution in [1.82, 2.24) is 15.2 Å². The summed E-state index contributed by atoms with van der Waals surface area (Å²) >= 11 is 0. The highest BCUT2D eigenvalue weighted by Crippen LogP contribution is 1.98. The summed E-state index contributed by atoms with van der Waals surface area (Å²) in [5, 5.41) is 11.4. The van der Waals surface area contributed by atoms with E-state index in [2.05, 4.69) is 29.0 Å². The Balaban J connectivity index is 2.43. The number of carbonyl (C=O) groups is 1. The van der Waals surface area contributed by atoms with E-state index in [1.807, 2.05) is 13.1 Å². The van der Waals surface area contributed by atoms with Gasteiger partial charge in [0.15, 0.2) is 0 Å². The fourth-order valence-electron chi connectivity index (χ4n) is 1.29. The number of carbonyl (C=O) groups excluding carboxylic acids is 1. The molecule has 18 heavy (non-hydrogen) atoms. The van der Waals surface area contributed by atoms with Crippen LogP contribution in [0.4, 0.5) is 0 Å². The number of amides is 1. The van der Waals surface area contributed by atoms with Crippen LogP contribution in [-0.2, 0) is 0 Å². The Bertz CT molecular complexity index is 433. The van der Waals surface area contributed by atoms with Crippen LogP contribution in [0.1, 0.15) is 29.9 Å². The van der Waals surface area contributed by atoms with Crippen molar-refractivity contribution in [2.24, 2.45) is 0 Å². The second-order valence-corrected chi connectivity index (χ2v) is 4.37. The van der Waals surface area contributed by atoms with Gasteiger partial charge in [0.05, 0.1) is 5.56 Å². The molecule has 0 atom stereocenters. The van der Waals surface area contributed by atoms with E-state index in [-0.39, 0.29) is 5.91 Å². The zero-order valence-corrected chi connectivity index (χ0v) is 11.0. The molecule has 0 bridgehead atoms. The lowest BCUT2D eigenvalue weighted by molar-refractivity contribution is 0.0943. The molecule has 0 aliphatic carbocycles. The Morgan fingerprint density at radius 3 is 2.78 bits per heavy atom. The first-order chi connectivity index (χ1) is 8.54. The molecule has 1 rings (SSSR count). The molecule has 1 aromatic heterocycles. The quantitative estimate of drug-likeness (QED) is 0.842. The SMILES string of the molecule is CC(C)N(C)CCNC(=O)c1ccc(C#N)cn1. The van der Waals surface area contributed by atoms with E-state index in [1.165, 1.54) is 6.20 Å². The molecule has 96 valence electrons. The summed E-state index contributed by atoms with van der Waals surface area (Å²) in [6.07, 6.45) is 1.40. The lowest BCUT2D eigenvalue weighted by atomic mass is 10.2. The maximum atomic E-state index is 11.7. The molecule has 5 heteroatoms. The van der Waals surface area contributed by atoms with Gasteiger partial charge in [-0.3, -0.25) is 4.79 Å². The number of hydrogen-bond acceptors (Lipinski definition) is 4. The van der Waals surface area contributed by atoms with Crippen LogP contribution in [-0.4, -0.2) is 42.0 Å². The number of nitriles is 1. The van der Waals surface area contributed by atoms with E-state index >= 15 is 0 Å². The van der Waals surface area contributed by atoms with Crippen molar-refractivity contribution in [3.8, 4) is 6.07 Å². The van der Waals surface area contributed by atoms with Crippen molar-refractivity contribution in [2.75, 3.05) is 20.1 Å². The van der Waals surface area contributed by atoms with Crippen molar-refractivity contribution in [3.05, 3.63) is 29.6 Å². The minimum absolute atomic E-state index is 0.211.